The summed E-state index contributed by atoms with van der Waals surface area (Å²) in [6.45, 7) is 7.95. The molecule has 0 bridgehead atoms. The van der Waals surface area contributed by atoms with E-state index in [-0.39, 0.29) is 88.1 Å². The highest BCUT2D eigenvalue weighted by molar-refractivity contribution is 7.92. The van der Waals surface area contributed by atoms with Crippen LogP contribution in [-0.4, -0.2) is 103 Å². The molecule has 10 aromatic carbocycles. The number of fused-ring (bicyclic) bond motifs is 5. The van der Waals surface area contributed by atoms with Crippen LogP contribution in [0.1, 0.15) is 232 Å². The van der Waals surface area contributed by atoms with Crippen molar-refractivity contribution in [2.75, 3.05) is 45.4 Å². The number of halogens is 4. The maximum Gasteiger partial charge on any atom is 0.270 e. The van der Waals surface area contributed by atoms with Gasteiger partial charge < -0.3 is 26.6 Å². The Morgan fingerprint density at radius 1 is 0.291 bits per heavy atom. The van der Waals surface area contributed by atoms with Gasteiger partial charge in [0.15, 0.2) is 19.7 Å². The molecular weight excluding hydrogens is 1730 g/mol. The van der Waals surface area contributed by atoms with Crippen molar-refractivity contribution in [2.45, 2.75) is 171 Å². The minimum absolute atomic E-state index is 0. The molecule has 0 saturated heterocycles. The number of hydrogen-bond acceptors (Lipinski definition) is 15. The van der Waals surface area contributed by atoms with E-state index < -0.39 is 61.6 Å². The molecule has 0 unspecified atom stereocenters. The lowest BCUT2D eigenvalue weighted by atomic mass is 9.86. The van der Waals surface area contributed by atoms with Crippen molar-refractivity contribution < 1.29 is 83.6 Å². The van der Waals surface area contributed by atoms with Crippen LogP contribution in [0.3, 0.4) is 0 Å². The third-order valence-electron chi connectivity index (χ3n) is 22.0. The number of carbonyl (C=O) groups excluding carboxylic acids is 5. The highest BCUT2D eigenvalue weighted by Gasteiger charge is 2.33. The number of anilines is 3. The van der Waals surface area contributed by atoms with E-state index in [9.17, 15) is 83.6 Å². The molecule has 0 heterocycles. The van der Waals surface area contributed by atoms with Crippen molar-refractivity contribution in [1.29, 1.82) is 0 Å². The first-order valence-corrected chi connectivity index (χ1v) is 50.2. The molecule has 5 aliphatic carbocycles. The van der Waals surface area contributed by atoms with Crippen LogP contribution in [0.15, 0.2) is 222 Å². The van der Waals surface area contributed by atoms with Gasteiger partial charge in [0.05, 0.1) is 58.8 Å². The highest BCUT2D eigenvalue weighted by atomic mass is 32.2. The van der Waals surface area contributed by atoms with Crippen molar-refractivity contribution in [1.82, 2.24) is 26.6 Å². The molecule has 0 radical (unpaired) electrons. The molecule has 0 saturated carbocycles. The zero-order chi connectivity index (χ0) is 91.6. The summed E-state index contributed by atoms with van der Waals surface area (Å²) in [5.41, 5.74) is 17.9. The van der Waals surface area contributed by atoms with E-state index in [1.165, 1.54) is 147 Å². The molecule has 0 spiro atoms. The van der Waals surface area contributed by atoms with Crippen LogP contribution in [0.2, 0.25) is 0 Å². The number of nitrogens with one attached hydrogen (secondary N) is 8. The summed E-state index contributed by atoms with van der Waals surface area (Å²) in [5.74, 6) is -6.88. The van der Waals surface area contributed by atoms with Crippen LogP contribution in [0.4, 0.5) is 34.6 Å². The Kier molecular flexibility index (Phi) is 31.2. The summed E-state index contributed by atoms with van der Waals surface area (Å²) < 4.78 is 174. The van der Waals surface area contributed by atoms with E-state index in [1.807, 2.05) is 0 Å². The molecule has 0 fully saturated rings. The van der Waals surface area contributed by atoms with E-state index in [0.717, 1.165) is 119 Å². The maximum absolute atomic E-state index is 13.5. The van der Waals surface area contributed by atoms with Gasteiger partial charge in [-0.15, -0.1) is 0 Å². The number of carbonyl (C=O) groups is 5. The third kappa shape index (κ3) is 27.5. The normalized spacial score (nSPS) is 16.7. The number of hydrogen-bond donors (Lipinski definition) is 8. The number of sulfonamides is 3. The van der Waals surface area contributed by atoms with Gasteiger partial charge in [0, 0.05) is 82.4 Å². The average Bonchev–Trinajstić information content (AvgIpc) is 1.81. The fourth-order valence-electron chi connectivity index (χ4n) is 15.8. The van der Waals surface area contributed by atoms with E-state index in [0.29, 0.717) is 70.6 Å². The van der Waals surface area contributed by atoms with Gasteiger partial charge in [-0.25, -0.2) is 59.7 Å². The molecule has 10 aromatic rings. The van der Waals surface area contributed by atoms with Gasteiger partial charge in [-0.2, -0.15) is 0 Å². The molecule has 8 N–H and O–H groups in total. The number of amides is 5. The minimum atomic E-state index is -3.38. The Morgan fingerprint density at radius 3 is 0.732 bits per heavy atom. The summed E-state index contributed by atoms with van der Waals surface area (Å²) in [6, 6.07) is 58.4. The maximum atomic E-state index is 13.5. The standard InChI is InChI=1S/2C19H20F2N2O3S.2C19H21NO3S.C18H20N2O3S.CH4/c2*1-19(20,21)14-6-9-16-13(11-14)5-10-17(16)22-18(24)12-3-7-15(8-4-12)23-27(2,25)26;2*1-13-6-11-17-15(12-13)4-3-5-18(17)20-19(21)14-7-9-16(10-8-14)24(2,22)23;1-12-3-9-16-14(11-12)6-10-17(16)19-18(21)13-4-7-15(8-5-13)20-24(2,22)23;/h2*3-4,6-9,11,17,23H,5,10H2,1-2H3,(H,22,24);2*6-12,18H,3-5H2,1-2H3,(H,20,21);3-5,7-9,11,17,20H,6,10H2,1-2H3,(H,19,21);1H4/t2*17-;2*18-;17-;/m10100./s1. The van der Waals surface area contributed by atoms with Crippen LogP contribution < -0.4 is 40.8 Å². The molecule has 0 aromatic heterocycles. The summed E-state index contributed by atoms with van der Waals surface area (Å²) >= 11 is 0. The topological polar surface area (TPSA) is 352 Å². The number of rotatable bonds is 20. The van der Waals surface area contributed by atoms with Gasteiger partial charge in [-0.3, -0.25) is 38.1 Å². The number of sulfone groups is 2. The van der Waals surface area contributed by atoms with E-state index in [1.54, 1.807) is 60.7 Å². The van der Waals surface area contributed by atoms with Crippen LogP contribution in [0, 0.1) is 20.8 Å². The molecule has 0 aliphatic heterocycles. The fourth-order valence-corrected chi connectivity index (χ4v) is 18.7. The second kappa shape index (κ2) is 40.6. The summed E-state index contributed by atoms with van der Waals surface area (Å²) in [4.78, 5) is 62.8. The Bertz CT molecular complexity index is 6030. The SMILES string of the molecule is C.CC(F)(F)c1ccc2c(c1)CC[C@@H]2NC(=O)c1ccc(NS(C)(=O)=O)cc1.CC(F)(F)c1ccc2c(c1)CC[C@H]2NC(=O)c1ccc(NS(C)(=O)=O)cc1.Cc1ccc2c(c1)CCC[C@@H]2NC(=O)c1ccc(S(C)(=O)=O)cc1.Cc1ccc2c(c1)CCC[C@H]2NC(=O)c1ccc(S(C)(=O)=O)cc1.Cc1ccc2c(c1)CC[C@@H]2NC(=O)c1ccc(NS(C)(=O)=O)cc1. The third-order valence-corrected chi connectivity index (χ3v) is 26.1. The van der Waals surface area contributed by atoms with E-state index in [2.05, 4.69) is 116 Å². The van der Waals surface area contributed by atoms with Crippen molar-refractivity contribution >= 4 is 96.3 Å². The first-order valence-electron chi connectivity index (χ1n) is 40.7. The Labute approximate surface area is 741 Å². The first kappa shape index (κ1) is 97.6. The van der Waals surface area contributed by atoms with Crippen LogP contribution in [-0.2, 0) is 93.7 Å². The predicted molar refractivity (Wildman–Crippen MR) is 488 cm³/mol. The Morgan fingerprint density at radius 2 is 0.504 bits per heavy atom. The largest absolute Gasteiger partial charge is 0.345 e. The number of aryl methyl sites for hydroxylation is 8. The van der Waals surface area contributed by atoms with E-state index in [4.69, 9.17) is 0 Å². The fraction of sp³-hybridized carbons (Fsp3) is 0.316. The van der Waals surface area contributed by atoms with Gasteiger partial charge in [-0.05, 0) is 287 Å². The summed E-state index contributed by atoms with van der Waals surface area (Å²) in [7, 11) is -16.6. The lowest BCUT2D eigenvalue weighted by Gasteiger charge is -2.26. The van der Waals surface area contributed by atoms with Crippen LogP contribution in [0.5, 0.6) is 0 Å². The monoisotopic (exact) mass is 1830 g/mol. The van der Waals surface area contributed by atoms with Gasteiger partial charge in [-0.1, -0.05) is 103 Å². The van der Waals surface area contributed by atoms with Crippen LogP contribution in [0.25, 0.3) is 0 Å². The Balaban J connectivity index is 0.000000165. The molecule has 5 aliphatic rings. The second-order valence-corrected chi connectivity index (χ2v) is 42.0. The predicted octanol–water partition coefficient (Wildman–Crippen LogP) is 17.0. The Hall–Kier alpha value is -11.6. The van der Waals surface area contributed by atoms with Gasteiger partial charge >= 0.3 is 0 Å². The zero-order valence-corrected chi connectivity index (χ0v) is 75.3. The van der Waals surface area contributed by atoms with E-state index >= 15 is 0 Å². The smallest absolute Gasteiger partial charge is 0.270 e. The zero-order valence-electron chi connectivity index (χ0n) is 71.3. The number of benzene rings is 10. The molecular formula is C95H106F4N8O15S5. The molecule has 127 heavy (non-hydrogen) atoms. The number of alkyl halides is 4. The average molecular weight is 1840 g/mol. The van der Waals surface area contributed by atoms with Crippen molar-refractivity contribution in [3.8, 4) is 0 Å². The van der Waals surface area contributed by atoms with Crippen LogP contribution >= 0.6 is 0 Å². The molecule has 32 heteroatoms. The van der Waals surface area contributed by atoms with Crippen molar-refractivity contribution in [3.63, 3.8) is 0 Å². The summed E-state index contributed by atoms with van der Waals surface area (Å²) in [5, 5.41) is 15.0. The lowest BCUT2D eigenvalue weighted by Crippen LogP contribution is -2.31. The summed E-state index contributed by atoms with van der Waals surface area (Å²) in [6.07, 6.45) is 15.9. The molecule has 23 nitrogen and oxygen atoms in total. The molecule has 5 amide bonds. The van der Waals surface area contributed by atoms with Crippen molar-refractivity contribution in [3.05, 3.63) is 324 Å². The van der Waals surface area contributed by atoms with Gasteiger partial charge in [0.1, 0.15) is 0 Å². The van der Waals surface area contributed by atoms with Gasteiger partial charge in [0.2, 0.25) is 30.1 Å². The minimum Gasteiger partial charge on any atom is -0.345 e. The quantitative estimate of drug-likeness (QED) is 0.0329. The molecule has 674 valence electrons. The highest BCUT2D eigenvalue weighted by Crippen LogP contribution is 2.40. The van der Waals surface area contributed by atoms with Gasteiger partial charge in [0.25, 0.3) is 41.4 Å². The lowest BCUT2D eigenvalue weighted by molar-refractivity contribution is 0.0167. The second-order valence-electron chi connectivity index (χ2n) is 32.7. The van der Waals surface area contributed by atoms with Crippen molar-refractivity contribution in [2.24, 2.45) is 0 Å². The molecule has 15 rings (SSSR count). The molecule has 5 atom stereocenters. The first-order chi connectivity index (χ1) is 59.1.